The first kappa shape index (κ1) is 15.0. The van der Waals surface area contributed by atoms with Crippen molar-refractivity contribution in [3.63, 3.8) is 0 Å². The number of nitrogens with one attached hydrogen (secondary N) is 1. The molecule has 0 bridgehead atoms. The molecule has 0 aliphatic carbocycles. The topological polar surface area (TPSA) is 77.0 Å². The van der Waals surface area contributed by atoms with Gasteiger partial charge in [-0.05, 0) is 18.9 Å². The predicted octanol–water partition coefficient (Wildman–Crippen LogP) is 1.97. The molecule has 0 radical (unpaired) electrons. The van der Waals surface area contributed by atoms with Gasteiger partial charge in [0.05, 0.1) is 5.56 Å². The molecule has 6 nitrogen and oxygen atoms in total. The van der Waals surface area contributed by atoms with Crippen LogP contribution in [0.4, 0.5) is 0 Å². The first-order chi connectivity index (χ1) is 9.88. The van der Waals surface area contributed by atoms with Crippen LogP contribution < -0.4 is 5.56 Å². The zero-order valence-corrected chi connectivity index (χ0v) is 12.6. The van der Waals surface area contributed by atoms with Crippen LogP contribution >= 0.6 is 0 Å². The molecule has 21 heavy (non-hydrogen) atoms. The number of aryl methyl sites for hydroxylation is 2. The van der Waals surface area contributed by atoms with Crippen LogP contribution in [0, 0.1) is 12.8 Å². The van der Waals surface area contributed by atoms with Gasteiger partial charge in [0, 0.05) is 31.2 Å². The Morgan fingerprint density at radius 3 is 2.62 bits per heavy atom. The number of nitrogens with zero attached hydrogens (tertiary/aromatic N) is 2. The zero-order valence-electron chi connectivity index (χ0n) is 12.6. The van der Waals surface area contributed by atoms with Crippen molar-refractivity contribution in [2.75, 3.05) is 0 Å². The zero-order chi connectivity index (χ0) is 15.6. The number of ether oxygens (including phenoxy) is 1. The van der Waals surface area contributed by atoms with Gasteiger partial charge in [-0.2, -0.15) is 0 Å². The lowest BCUT2D eigenvalue weighted by Crippen LogP contribution is -2.21. The minimum Gasteiger partial charge on any atom is -0.450 e. The molecule has 2 aromatic heterocycles. The van der Waals surface area contributed by atoms with Gasteiger partial charge < -0.3 is 14.3 Å². The summed E-state index contributed by atoms with van der Waals surface area (Å²) in [7, 11) is 1.85. The van der Waals surface area contributed by atoms with E-state index in [1.807, 2.05) is 25.5 Å². The molecular formula is C15H19N3O3. The lowest BCUT2D eigenvalue weighted by Gasteiger charge is -2.21. The summed E-state index contributed by atoms with van der Waals surface area (Å²) in [5.74, 6) is 0.226. The van der Waals surface area contributed by atoms with E-state index in [1.54, 1.807) is 25.4 Å². The van der Waals surface area contributed by atoms with Gasteiger partial charge in [0.25, 0.3) is 0 Å². The Kier molecular flexibility index (Phi) is 4.26. The molecule has 1 N–H and O–H groups in total. The number of H-pyrrole nitrogens is 1. The molecule has 0 aliphatic rings. The van der Waals surface area contributed by atoms with Gasteiger partial charge >= 0.3 is 5.97 Å². The molecule has 2 heterocycles. The van der Waals surface area contributed by atoms with E-state index in [4.69, 9.17) is 4.74 Å². The fourth-order valence-corrected chi connectivity index (χ4v) is 2.12. The molecule has 0 saturated heterocycles. The molecule has 2 aromatic rings. The van der Waals surface area contributed by atoms with E-state index < -0.39 is 12.1 Å². The molecule has 0 spiro atoms. The highest BCUT2D eigenvalue weighted by atomic mass is 16.5. The highest BCUT2D eigenvalue weighted by Gasteiger charge is 2.25. The Hall–Kier alpha value is -2.37. The van der Waals surface area contributed by atoms with Gasteiger partial charge in [-0.15, -0.1) is 0 Å². The van der Waals surface area contributed by atoms with Crippen LogP contribution in [0.25, 0.3) is 0 Å². The van der Waals surface area contributed by atoms with Crippen LogP contribution in [0.5, 0.6) is 0 Å². The average molecular weight is 289 g/mol. The van der Waals surface area contributed by atoms with E-state index in [9.17, 15) is 9.59 Å². The Balaban J connectivity index is 2.27. The van der Waals surface area contributed by atoms with Gasteiger partial charge in [-0.25, -0.2) is 9.78 Å². The van der Waals surface area contributed by atoms with E-state index >= 15 is 0 Å². The number of aromatic amines is 1. The SMILES string of the molecule is Cc1cc(C(=O)O[C@@H](c2nccn2C)C(C)C)cc(=O)[nH]1. The maximum Gasteiger partial charge on any atom is 0.339 e. The van der Waals surface area contributed by atoms with Crippen molar-refractivity contribution in [1.29, 1.82) is 0 Å². The van der Waals surface area contributed by atoms with E-state index in [2.05, 4.69) is 9.97 Å². The number of carbonyl (C=O) groups excluding carboxylic acids is 1. The predicted molar refractivity (Wildman–Crippen MR) is 78.0 cm³/mol. The highest BCUT2D eigenvalue weighted by molar-refractivity contribution is 5.89. The molecule has 112 valence electrons. The van der Waals surface area contributed by atoms with Crippen molar-refractivity contribution in [2.24, 2.45) is 13.0 Å². The molecule has 1 atom stereocenters. The molecule has 6 heteroatoms. The summed E-state index contributed by atoms with van der Waals surface area (Å²) < 4.78 is 7.38. The van der Waals surface area contributed by atoms with E-state index in [0.717, 1.165) is 0 Å². The number of rotatable bonds is 4. The Labute approximate surface area is 122 Å². The van der Waals surface area contributed by atoms with Crippen LogP contribution in [-0.4, -0.2) is 20.5 Å². The fourth-order valence-electron chi connectivity index (χ4n) is 2.12. The monoisotopic (exact) mass is 289 g/mol. The van der Waals surface area contributed by atoms with Crippen LogP contribution in [0.3, 0.4) is 0 Å². The summed E-state index contributed by atoms with van der Waals surface area (Å²) in [6, 6.07) is 2.84. The number of pyridine rings is 1. The fraction of sp³-hybridized carbons (Fsp3) is 0.400. The van der Waals surface area contributed by atoms with Crippen molar-refractivity contribution in [3.05, 3.63) is 52.0 Å². The largest absolute Gasteiger partial charge is 0.450 e. The standard InChI is InChI=1S/C15H19N3O3/c1-9(2)13(14-16-5-6-18(14)4)21-15(20)11-7-10(3)17-12(19)8-11/h5-9,13H,1-4H3,(H,17,19)/t13-/m1/s1. The first-order valence-electron chi connectivity index (χ1n) is 6.77. The van der Waals surface area contributed by atoms with Gasteiger partial charge in [-0.3, -0.25) is 4.79 Å². The number of hydrogen-bond acceptors (Lipinski definition) is 4. The van der Waals surface area contributed by atoms with Crippen LogP contribution in [0.15, 0.2) is 29.3 Å². The van der Waals surface area contributed by atoms with Crippen LogP contribution in [-0.2, 0) is 11.8 Å². The van der Waals surface area contributed by atoms with Crippen molar-refractivity contribution >= 4 is 5.97 Å². The third-order valence-corrected chi connectivity index (χ3v) is 3.17. The molecular weight excluding hydrogens is 270 g/mol. The van der Waals surface area contributed by atoms with Crippen molar-refractivity contribution < 1.29 is 9.53 Å². The smallest absolute Gasteiger partial charge is 0.339 e. The quantitative estimate of drug-likeness (QED) is 0.873. The highest BCUT2D eigenvalue weighted by Crippen LogP contribution is 2.25. The lowest BCUT2D eigenvalue weighted by molar-refractivity contribution is 0.0141. The van der Waals surface area contributed by atoms with Crippen LogP contribution in [0.1, 0.15) is 41.8 Å². The second-order valence-electron chi connectivity index (χ2n) is 5.38. The third-order valence-electron chi connectivity index (χ3n) is 3.17. The molecule has 2 rings (SSSR count). The lowest BCUT2D eigenvalue weighted by atomic mass is 10.1. The summed E-state index contributed by atoms with van der Waals surface area (Å²) in [5.41, 5.74) is 0.545. The first-order valence-corrected chi connectivity index (χ1v) is 6.77. The van der Waals surface area contributed by atoms with Crippen molar-refractivity contribution in [3.8, 4) is 0 Å². The maximum absolute atomic E-state index is 12.3. The summed E-state index contributed by atoms with van der Waals surface area (Å²) in [4.78, 5) is 30.5. The second-order valence-corrected chi connectivity index (χ2v) is 5.38. The van der Waals surface area contributed by atoms with Gasteiger partial charge in [0.2, 0.25) is 5.56 Å². The Bertz CT molecular complexity index is 700. The molecule has 0 fully saturated rings. The molecule has 0 aromatic carbocycles. The summed E-state index contributed by atoms with van der Waals surface area (Å²) in [6.45, 7) is 5.63. The summed E-state index contributed by atoms with van der Waals surface area (Å²) in [6.07, 6.45) is 3.00. The third kappa shape index (κ3) is 3.39. The maximum atomic E-state index is 12.3. The molecule has 0 aliphatic heterocycles. The molecule has 0 unspecified atom stereocenters. The number of hydrogen-bond donors (Lipinski definition) is 1. The average Bonchev–Trinajstić information content (AvgIpc) is 2.80. The molecule has 0 saturated carbocycles. The van der Waals surface area contributed by atoms with Gasteiger partial charge in [-0.1, -0.05) is 13.8 Å². The van der Waals surface area contributed by atoms with Gasteiger partial charge in [0.15, 0.2) is 6.10 Å². The van der Waals surface area contributed by atoms with E-state index in [-0.39, 0.29) is 17.0 Å². The van der Waals surface area contributed by atoms with E-state index in [0.29, 0.717) is 11.5 Å². The van der Waals surface area contributed by atoms with E-state index in [1.165, 1.54) is 6.07 Å². The second kappa shape index (κ2) is 5.95. The number of carbonyl (C=O) groups is 1. The van der Waals surface area contributed by atoms with Crippen molar-refractivity contribution in [1.82, 2.24) is 14.5 Å². The van der Waals surface area contributed by atoms with Crippen molar-refractivity contribution in [2.45, 2.75) is 26.9 Å². The van der Waals surface area contributed by atoms with Crippen LogP contribution in [0.2, 0.25) is 0 Å². The number of esters is 1. The molecule has 0 amide bonds. The normalized spacial score (nSPS) is 12.4. The Morgan fingerprint density at radius 1 is 1.38 bits per heavy atom. The number of imidazole rings is 1. The summed E-state index contributed by atoms with van der Waals surface area (Å²) in [5, 5.41) is 0. The number of aromatic nitrogens is 3. The van der Waals surface area contributed by atoms with Gasteiger partial charge in [0.1, 0.15) is 5.82 Å². The minimum absolute atomic E-state index is 0.0677. The minimum atomic E-state index is -0.522. The summed E-state index contributed by atoms with van der Waals surface area (Å²) >= 11 is 0. The Morgan fingerprint density at radius 2 is 2.10 bits per heavy atom.